The van der Waals surface area contributed by atoms with Gasteiger partial charge < -0.3 is 5.32 Å². The van der Waals surface area contributed by atoms with Crippen LogP contribution in [0.4, 0.5) is 10.1 Å². The lowest BCUT2D eigenvalue weighted by atomic mass is 10.1. The quantitative estimate of drug-likeness (QED) is 0.763. The first-order valence-electron chi connectivity index (χ1n) is 10.3. The highest BCUT2D eigenvalue weighted by Crippen LogP contribution is 2.27. The molecule has 4 rings (SSSR count). The minimum atomic E-state index is -3.74. The Kier molecular flexibility index (Phi) is 6.17. The maximum absolute atomic E-state index is 13.1. The molecule has 2 aromatic rings. The minimum Gasteiger partial charge on any atom is -0.326 e. The van der Waals surface area contributed by atoms with E-state index in [4.69, 9.17) is 0 Å². The Morgan fingerprint density at radius 3 is 2.47 bits per heavy atom. The summed E-state index contributed by atoms with van der Waals surface area (Å²) in [6.07, 6.45) is 2.87. The molecule has 1 N–H and O–H groups in total. The van der Waals surface area contributed by atoms with Gasteiger partial charge in [0.2, 0.25) is 15.9 Å². The zero-order chi connectivity index (χ0) is 21.1. The SMILES string of the molecule is O=C(Nc1ccccc1CN1CCCC1)C1CCN(S(=O)(=O)c2ccc(F)cc2)C1. The fraction of sp³-hybridized carbons (Fsp3) is 0.409. The van der Waals surface area contributed by atoms with Crippen molar-refractivity contribution >= 4 is 21.6 Å². The van der Waals surface area contributed by atoms with Crippen LogP contribution in [0.2, 0.25) is 0 Å². The monoisotopic (exact) mass is 431 g/mol. The van der Waals surface area contributed by atoms with Crippen molar-refractivity contribution in [3.05, 3.63) is 59.9 Å². The molecule has 1 amide bonds. The number of hydrogen-bond donors (Lipinski definition) is 1. The first kappa shape index (κ1) is 21.0. The summed E-state index contributed by atoms with van der Waals surface area (Å²) in [5, 5.41) is 3.01. The van der Waals surface area contributed by atoms with E-state index in [-0.39, 0.29) is 23.9 Å². The number of rotatable bonds is 6. The third kappa shape index (κ3) is 4.55. The second-order valence-corrected chi connectivity index (χ2v) is 9.87. The van der Waals surface area contributed by atoms with Crippen molar-refractivity contribution in [3.8, 4) is 0 Å². The second-order valence-electron chi connectivity index (χ2n) is 7.93. The molecule has 2 heterocycles. The third-order valence-corrected chi connectivity index (χ3v) is 7.72. The van der Waals surface area contributed by atoms with Crippen LogP contribution in [-0.2, 0) is 21.4 Å². The van der Waals surface area contributed by atoms with Gasteiger partial charge in [-0.3, -0.25) is 9.69 Å². The topological polar surface area (TPSA) is 69.7 Å². The second kappa shape index (κ2) is 8.83. The Balaban J connectivity index is 1.41. The highest BCUT2D eigenvalue weighted by molar-refractivity contribution is 7.89. The molecule has 2 aliphatic rings. The Morgan fingerprint density at radius 1 is 1.03 bits per heavy atom. The third-order valence-electron chi connectivity index (χ3n) is 5.84. The number of sulfonamides is 1. The van der Waals surface area contributed by atoms with Crippen LogP contribution in [0, 0.1) is 11.7 Å². The summed E-state index contributed by atoms with van der Waals surface area (Å²) in [7, 11) is -3.74. The molecule has 1 unspecified atom stereocenters. The van der Waals surface area contributed by atoms with Gasteiger partial charge in [0, 0.05) is 25.3 Å². The molecule has 0 aliphatic carbocycles. The number of amides is 1. The Labute approximate surface area is 176 Å². The van der Waals surface area contributed by atoms with Crippen LogP contribution in [0.25, 0.3) is 0 Å². The predicted octanol–water partition coefficient (Wildman–Crippen LogP) is 3.07. The van der Waals surface area contributed by atoms with Gasteiger partial charge in [0.05, 0.1) is 10.8 Å². The molecule has 0 bridgehead atoms. The summed E-state index contributed by atoms with van der Waals surface area (Å²) in [6, 6.07) is 12.5. The molecular weight excluding hydrogens is 405 g/mol. The van der Waals surface area contributed by atoms with Crippen LogP contribution in [0.15, 0.2) is 53.4 Å². The fourth-order valence-corrected chi connectivity index (χ4v) is 5.61. The average Bonchev–Trinajstić information content (AvgIpc) is 3.42. The van der Waals surface area contributed by atoms with Crippen molar-refractivity contribution in [1.82, 2.24) is 9.21 Å². The van der Waals surface area contributed by atoms with Gasteiger partial charge in [-0.1, -0.05) is 18.2 Å². The summed E-state index contributed by atoms with van der Waals surface area (Å²) in [6.45, 7) is 3.33. The summed E-state index contributed by atoms with van der Waals surface area (Å²) in [5.41, 5.74) is 1.86. The van der Waals surface area contributed by atoms with Gasteiger partial charge in [0.15, 0.2) is 0 Å². The molecule has 2 fully saturated rings. The van der Waals surface area contributed by atoms with E-state index in [1.165, 1.54) is 29.3 Å². The summed E-state index contributed by atoms with van der Waals surface area (Å²) in [5.74, 6) is -1.07. The summed E-state index contributed by atoms with van der Waals surface area (Å²) in [4.78, 5) is 15.3. The maximum atomic E-state index is 13.1. The number of benzene rings is 2. The molecule has 30 heavy (non-hydrogen) atoms. The zero-order valence-corrected chi connectivity index (χ0v) is 17.6. The highest BCUT2D eigenvalue weighted by atomic mass is 32.2. The molecule has 8 heteroatoms. The van der Waals surface area contributed by atoms with Gasteiger partial charge in [-0.25, -0.2) is 12.8 Å². The van der Waals surface area contributed by atoms with Gasteiger partial charge >= 0.3 is 0 Å². The van der Waals surface area contributed by atoms with Crippen LogP contribution >= 0.6 is 0 Å². The number of carbonyl (C=O) groups is 1. The molecule has 0 spiro atoms. The number of likely N-dealkylation sites (tertiary alicyclic amines) is 1. The molecule has 2 saturated heterocycles. The molecular formula is C22H26FN3O3S. The maximum Gasteiger partial charge on any atom is 0.243 e. The van der Waals surface area contributed by atoms with E-state index in [2.05, 4.69) is 10.2 Å². The van der Waals surface area contributed by atoms with Gasteiger partial charge in [0.1, 0.15) is 5.82 Å². The van der Waals surface area contributed by atoms with Crippen LogP contribution in [0.3, 0.4) is 0 Å². The molecule has 160 valence electrons. The average molecular weight is 432 g/mol. The number of anilines is 1. The lowest BCUT2D eigenvalue weighted by Crippen LogP contribution is -2.31. The highest BCUT2D eigenvalue weighted by Gasteiger charge is 2.36. The number of nitrogens with one attached hydrogen (secondary N) is 1. The van der Waals surface area contributed by atoms with Crippen LogP contribution in [0.1, 0.15) is 24.8 Å². The molecule has 1 atom stereocenters. The van der Waals surface area contributed by atoms with Crippen molar-refractivity contribution in [2.45, 2.75) is 30.7 Å². The lowest BCUT2D eigenvalue weighted by Gasteiger charge is -2.19. The smallest absolute Gasteiger partial charge is 0.243 e. The van der Waals surface area contributed by atoms with E-state index < -0.39 is 21.8 Å². The molecule has 6 nitrogen and oxygen atoms in total. The summed E-state index contributed by atoms with van der Waals surface area (Å²) >= 11 is 0. The molecule has 0 saturated carbocycles. The van der Waals surface area contributed by atoms with E-state index >= 15 is 0 Å². The van der Waals surface area contributed by atoms with E-state index in [0.29, 0.717) is 6.42 Å². The van der Waals surface area contributed by atoms with Gasteiger partial charge in [0.25, 0.3) is 0 Å². The van der Waals surface area contributed by atoms with Crippen LogP contribution in [0.5, 0.6) is 0 Å². The number of halogens is 1. The zero-order valence-electron chi connectivity index (χ0n) is 16.8. The Hall–Kier alpha value is -2.29. The number of nitrogens with zero attached hydrogens (tertiary/aromatic N) is 2. The number of carbonyl (C=O) groups excluding carboxylic acids is 1. The predicted molar refractivity (Wildman–Crippen MR) is 113 cm³/mol. The van der Waals surface area contributed by atoms with Crippen molar-refractivity contribution in [2.75, 3.05) is 31.5 Å². The standard InChI is InChI=1S/C22H26FN3O3S/c23-19-7-9-20(10-8-19)30(28,29)26-14-11-18(16-26)22(27)24-21-6-2-1-5-17(21)15-25-12-3-4-13-25/h1-2,5-10,18H,3-4,11-16H2,(H,24,27). The Bertz CT molecular complexity index is 1000. The summed E-state index contributed by atoms with van der Waals surface area (Å²) < 4.78 is 40.0. The fourth-order valence-electron chi connectivity index (χ4n) is 4.11. The Morgan fingerprint density at radius 2 is 1.73 bits per heavy atom. The first-order valence-corrected chi connectivity index (χ1v) is 11.7. The minimum absolute atomic E-state index is 0.0425. The van der Waals surface area contributed by atoms with E-state index in [1.54, 1.807) is 0 Å². The van der Waals surface area contributed by atoms with E-state index in [1.807, 2.05) is 24.3 Å². The van der Waals surface area contributed by atoms with Crippen LogP contribution in [-0.4, -0.2) is 49.7 Å². The number of para-hydroxylation sites is 1. The van der Waals surface area contributed by atoms with Crippen LogP contribution < -0.4 is 5.32 Å². The van der Waals surface area contributed by atoms with Crippen molar-refractivity contribution in [2.24, 2.45) is 5.92 Å². The largest absolute Gasteiger partial charge is 0.326 e. The molecule has 0 aromatic heterocycles. The van der Waals surface area contributed by atoms with E-state index in [9.17, 15) is 17.6 Å². The van der Waals surface area contributed by atoms with Gasteiger partial charge in [-0.05, 0) is 68.2 Å². The van der Waals surface area contributed by atoms with Crippen molar-refractivity contribution in [1.29, 1.82) is 0 Å². The van der Waals surface area contributed by atoms with E-state index in [0.717, 1.165) is 43.0 Å². The molecule has 0 radical (unpaired) electrons. The normalized spacial score (nSPS) is 20.5. The molecule has 2 aromatic carbocycles. The molecule has 2 aliphatic heterocycles. The first-order chi connectivity index (χ1) is 14.4. The van der Waals surface area contributed by atoms with Gasteiger partial charge in [-0.15, -0.1) is 0 Å². The lowest BCUT2D eigenvalue weighted by molar-refractivity contribution is -0.119. The van der Waals surface area contributed by atoms with Gasteiger partial charge in [-0.2, -0.15) is 4.31 Å². The van der Waals surface area contributed by atoms with Crippen molar-refractivity contribution in [3.63, 3.8) is 0 Å². The number of hydrogen-bond acceptors (Lipinski definition) is 4. The van der Waals surface area contributed by atoms with Crippen molar-refractivity contribution < 1.29 is 17.6 Å².